The number of halogens is 1. The molecule has 0 radical (unpaired) electrons. The van der Waals surface area contributed by atoms with Gasteiger partial charge in [0.2, 0.25) is 0 Å². The van der Waals surface area contributed by atoms with E-state index >= 15 is 0 Å². The molecule has 0 saturated carbocycles. The molecule has 2 saturated heterocycles. The number of piperidine rings is 1. The van der Waals surface area contributed by atoms with Gasteiger partial charge in [-0.3, -0.25) is 0 Å². The third kappa shape index (κ3) is 3.92. The molecular weight excluding hydrogens is 402 g/mol. The second-order valence-corrected chi connectivity index (χ2v) is 8.43. The summed E-state index contributed by atoms with van der Waals surface area (Å²) in [6.07, 6.45) is 7.47. The summed E-state index contributed by atoms with van der Waals surface area (Å²) in [5.41, 5.74) is 3.11. The van der Waals surface area contributed by atoms with Gasteiger partial charge in [0.1, 0.15) is 11.5 Å². The molecule has 0 spiro atoms. The molecule has 2 fully saturated rings. The number of nitrogens with zero attached hydrogens (tertiary/aromatic N) is 1. The van der Waals surface area contributed by atoms with E-state index in [0.717, 1.165) is 33.3 Å². The summed E-state index contributed by atoms with van der Waals surface area (Å²) < 4.78 is 1.16. The summed E-state index contributed by atoms with van der Waals surface area (Å²) >= 11 is 0. The van der Waals surface area contributed by atoms with Crippen LogP contribution in [0.1, 0.15) is 36.8 Å². The number of rotatable bonds is 3. The Kier molecular flexibility index (Phi) is 5.68. The van der Waals surface area contributed by atoms with Crippen LogP contribution < -0.4 is 17.0 Å². The van der Waals surface area contributed by atoms with Gasteiger partial charge in [-0.1, -0.05) is 30.3 Å². The van der Waals surface area contributed by atoms with E-state index in [1.807, 2.05) is 36.4 Å². The van der Waals surface area contributed by atoms with Crippen LogP contribution in [0.4, 0.5) is 0 Å². The average Bonchev–Trinajstić information content (AvgIpc) is 2.77. The number of fused-ring (bicyclic) bond motifs is 2. The predicted octanol–water partition coefficient (Wildman–Crippen LogP) is 1.55. The van der Waals surface area contributed by atoms with Crippen LogP contribution >= 0.6 is 0 Å². The summed E-state index contributed by atoms with van der Waals surface area (Å²) in [5.74, 6) is 1.09. The Morgan fingerprint density at radius 3 is 1.81 bits per heavy atom. The lowest BCUT2D eigenvalue weighted by molar-refractivity contribution is -0.931. The van der Waals surface area contributed by atoms with Gasteiger partial charge in [-0.05, 0) is 46.9 Å². The monoisotopic (exact) mass is 429 g/mol. The van der Waals surface area contributed by atoms with E-state index in [-0.39, 0.29) is 28.5 Å². The first-order valence-electron chi connectivity index (χ1n) is 9.57. The molecule has 144 valence electrons. The third-order valence-corrected chi connectivity index (χ3v) is 6.58. The van der Waals surface area contributed by atoms with Crippen LogP contribution in [0.3, 0.4) is 0 Å². The summed E-state index contributed by atoms with van der Waals surface area (Å²) in [4.78, 5) is 0. The Bertz CT molecular complexity index is 782. The van der Waals surface area contributed by atoms with E-state index in [1.165, 1.54) is 25.7 Å². The maximum atomic E-state index is 9.95. The van der Waals surface area contributed by atoms with Gasteiger partial charge < -0.3 is 31.7 Å². The van der Waals surface area contributed by atoms with Gasteiger partial charge in [-0.25, -0.2) is 0 Å². The van der Waals surface area contributed by atoms with Gasteiger partial charge in [0, 0.05) is 25.7 Å². The molecule has 2 atom stereocenters. The van der Waals surface area contributed by atoms with Crippen molar-refractivity contribution in [1.29, 1.82) is 0 Å². The number of hydrogen-bond acceptors (Lipinski definition) is 2. The summed E-state index contributed by atoms with van der Waals surface area (Å²) in [5, 5.41) is 19.9. The molecule has 2 N–H and O–H groups in total. The molecule has 4 heteroatoms. The Morgan fingerprint density at radius 1 is 0.889 bits per heavy atom. The predicted molar refractivity (Wildman–Crippen MR) is 105 cm³/mol. The largest absolute Gasteiger partial charge is 1.00 e. The minimum absolute atomic E-state index is 0. The highest BCUT2D eigenvalue weighted by Gasteiger charge is 2.48. The van der Waals surface area contributed by atoms with Crippen LogP contribution in [0.15, 0.2) is 54.6 Å². The minimum atomic E-state index is 0. The van der Waals surface area contributed by atoms with Gasteiger partial charge in [0.15, 0.2) is 0 Å². The van der Waals surface area contributed by atoms with E-state index in [4.69, 9.17) is 0 Å². The van der Waals surface area contributed by atoms with E-state index in [2.05, 4.69) is 20.2 Å². The van der Waals surface area contributed by atoms with Crippen LogP contribution in [0.5, 0.6) is 11.5 Å². The number of phenols is 2. The molecular formula is C23H28BrNO2. The smallest absolute Gasteiger partial charge is 0.116 e. The quantitative estimate of drug-likeness (QED) is 0.726. The van der Waals surface area contributed by atoms with Crippen molar-refractivity contribution in [3.8, 4) is 11.5 Å². The second kappa shape index (κ2) is 7.69. The van der Waals surface area contributed by atoms with E-state index in [0.29, 0.717) is 5.92 Å². The standard InChI is InChI=1S/C23H27NO2.BrH/c1-24(2)19-9-10-20(24)12-16(11-19)13-23(17-5-3-7-21(25)14-17)18-6-4-8-22(26)15-18;/h3-8,13-16,19-20H,9-12H2,1-2H3,(H-,25,26);1H. The lowest BCUT2D eigenvalue weighted by Gasteiger charge is -2.44. The highest BCUT2D eigenvalue weighted by Crippen LogP contribution is 2.44. The summed E-state index contributed by atoms with van der Waals surface area (Å²) in [7, 11) is 4.77. The van der Waals surface area contributed by atoms with Gasteiger partial charge in [0.25, 0.3) is 0 Å². The van der Waals surface area contributed by atoms with Gasteiger partial charge in [-0.2, -0.15) is 0 Å². The molecule has 2 aromatic carbocycles. The van der Waals surface area contributed by atoms with Crippen LogP contribution in [0.2, 0.25) is 0 Å². The number of quaternary nitrogens is 1. The highest BCUT2D eigenvalue weighted by molar-refractivity contribution is 5.81. The van der Waals surface area contributed by atoms with Crippen LogP contribution in [-0.2, 0) is 0 Å². The first kappa shape index (κ1) is 20.0. The lowest BCUT2D eigenvalue weighted by Crippen LogP contribution is -3.00. The summed E-state index contributed by atoms with van der Waals surface area (Å²) in [6, 6.07) is 16.3. The molecule has 2 heterocycles. The van der Waals surface area contributed by atoms with Crippen molar-refractivity contribution >= 4 is 5.57 Å². The maximum Gasteiger partial charge on any atom is 0.116 e. The molecule has 2 aromatic rings. The van der Waals surface area contributed by atoms with Gasteiger partial charge in [0.05, 0.1) is 26.2 Å². The fourth-order valence-electron chi connectivity index (χ4n) is 5.00. The summed E-state index contributed by atoms with van der Waals surface area (Å²) in [6.45, 7) is 0. The molecule has 0 aromatic heterocycles. The highest BCUT2D eigenvalue weighted by atomic mass is 79.9. The maximum absolute atomic E-state index is 9.95. The van der Waals surface area contributed by atoms with E-state index in [9.17, 15) is 10.2 Å². The topological polar surface area (TPSA) is 40.5 Å². The van der Waals surface area contributed by atoms with Crippen LogP contribution in [-0.4, -0.2) is 40.9 Å². The van der Waals surface area contributed by atoms with Crippen LogP contribution in [0, 0.1) is 5.92 Å². The molecule has 4 rings (SSSR count). The van der Waals surface area contributed by atoms with Crippen molar-refractivity contribution in [2.45, 2.75) is 37.8 Å². The minimum Gasteiger partial charge on any atom is -1.00 e. The van der Waals surface area contributed by atoms with Crippen molar-refractivity contribution in [2.24, 2.45) is 5.92 Å². The second-order valence-electron chi connectivity index (χ2n) is 8.43. The van der Waals surface area contributed by atoms with Crippen molar-refractivity contribution < 1.29 is 31.7 Å². The van der Waals surface area contributed by atoms with Crippen molar-refractivity contribution in [3.63, 3.8) is 0 Å². The van der Waals surface area contributed by atoms with Crippen LogP contribution in [0.25, 0.3) is 5.57 Å². The fourth-order valence-corrected chi connectivity index (χ4v) is 5.00. The molecule has 2 aliphatic rings. The van der Waals surface area contributed by atoms with Gasteiger partial charge >= 0.3 is 0 Å². The van der Waals surface area contributed by atoms with Gasteiger partial charge in [-0.15, -0.1) is 0 Å². The zero-order valence-corrected chi connectivity index (χ0v) is 17.6. The number of benzene rings is 2. The Labute approximate surface area is 172 Å². The van der Waals surface area contributed by atoms with Crippen molar-refractivity contribution in [3.05, 3.63) is 65.7 Å². The fraction of sp³-hybridized carbons (Fsp3) is 0.391. The number of phenolic OH excluding ortho intramolecular Hbond substituents is 2. The molecule has 2 aliphatic heterocycles. The molecule has 0 amide bonds. The molecule has 0 aliphatic carbocycles. The lowest BCUT2D eigenvalue weighted by atomic mass is 9.85. The zero-order valence-electron chi connectivity index (χ0n) is 16.0. The molecule has 2 bridgehead atoms. The number of allylic oxidation sites excluding steroid dienone is 1. The average molecular weight is 430 g/mol. The number of aromatic hydroxyl groups is 2. The van der Waals surface area contributed by atoms with E-state index in [1.54, 1.807) is 12.1 Å². The third-order valence-electron chi connectivity index (χ3n) is 6.58. The first-order chi connectivity index (χ1) is 12.4. The van der Waals surface area contributed by atoms with Crippen molar-refractivity contribution in [2.75, 3.05) is 14.1 Å². The van der Waals surface area contributed by atoms with E-state index < -0.39 is 0 Å². The Hall–Kier alpha value is -1.78. The molecule has 3 nitrogen and oxygen atoms in total. The normalized spacial score (nSPS) is 25.5. The Morgan fingerprint density at radius 2 is 1.37 bits per heavy atom. The molecule has 2 unspecified atom stereocenters. The first-order valence-corrected chi connectivity index (χ1v) is 9.57. The SMILES string of the molecule is C[N+]1(C)C2CCC1CC(C=C(c1cccc(O)c1)c1cccc(O)c1)C2.[Br-]. The number of hydrogen-bond donors (Lipinski definition) is 2. The zero-order chi connectivity index (χ0) is 18.3. The van der Waals surface area contributed by atoms with Crippen molar-refractivity contribution in [1.82, 2.24) is 0 Å². The molecule has 27 heavy (non-hydrogen) atoms. The Balaban J connectivity index is 0.00000210.